The molecule has 0 atom stereocenters. The molecule has 0 spiro atoms. The zero-order valence-electron chi connectivity index (χ0n) is 12.9. The van der Waals surface area contributed by atoms with Gasteiger partial charge in [-0.3, -0.25) is 4.79 Å². The molecule has 0 fully saturated rings. The van der Waals surface area contributed by atoms with E-state index in [2.05, 4.69) is 15.4 Å². The first-order valence-corrected chi connectivity index (χ1v) is 9.34. The van der Waals surface area contributed by atoms with Crippen molar-refractivity contribution in [3.63, 3.8) is 0 Å². The molecule has 6 nitrogen and oxygen atoms in total. The van der Waals surface area contributed by atoms with Crippen molar-refractivity contribution in [3.8, 4) is 0 Å². The normalized spacial score (nSPS) is 18.6. The monoisotopic (exact) mass is 335 g/mol. The van der Waals surface area contributed by atoms with Gasteiger partial charge in [0.1, 0.15) is 0 Å². The van der Waals surface area contributed by atoms with E-state index in [-0.39, 0.29) is 10.8 Å². The highest BCUT2D eigenvalue weighted by molar-refractivity contribution is 7.89. The molecule has 0 saturated carbocycles. The lowest BCUT2D eigenvalue weighted by Gasteiger charge is -2.15. The van der Waals surface area contributed by atoms with Crippen molar-refractivity contribution in [1.29, 1.82) is 0 Å². The summed E-state index contributed by atoms with van der Waals surface area (Å²) in [5.74, 6) is -0.0182. The standard InChI is InChI=1S/C16H21N3O3S/c20-16-3-1-2-13-10-14(4-5-15(13)19-16)23(21,22)18-11-12-6-8-17-9-7-12/h4-6,10,17-18H,1-3,7-9,11H2,(H,19,20). The molecular formula is C16H21N3O3S. The predicted octanol–water partition coefficient (Wildman–Crippen LogP) is 1.16. The summed E-state index contributed by atoms with van der Waals surface area (Å²) in [6, 6.07) is 4.89. The first-order chi connectivity index (χ1) is 11.0. The van der Waals surface area contributed by atoms with Crippen LogP contribution < -0.4 is 15.4 Å². The number of hydrogen-bond acceptors (Lipinski definition) is 4. The van der Waals surface area contributed by atoms with E-state index in [4.69, 9.17) is 0 Å². The van der Waals surface area contributed by atoms with Crippen LogP contribution >= 0.6 is 0 Å². The molecule has 0 radical (unpaired) electrons. The molecule has 2 aliphatic rings. The minimum atomic E-state index is -3.54. The summed E-state index contributed by atoms with van der Waals surface area (Å²) in [5.41, 5.74) is 2.70. The van der Waals surface area contributed by atoms with E-state index in [0.29, 0.717) is 25.1 Å². The number of carbonyl (C=O) groups excluding carboxylic acids is 1. The highest BCUT2D eigenvalue weighted by Crippen LogP contribution is 2.25. The maximum Gasteiger partial charge on any atom is 0.240 e. The van der Waals surface area contributed by atoms with E-state index >= 15 is 0 Å². The Morgan fingerprint density at radius 3 is 2.83 bits per heavy atom. The number of benzene rings is 1. The van der Waals surface area contributed by atoms with E-state index in [1.807, 2.05) is 6.08 Å². The van der Waals surface area contributed by atoms with E-state index in [1.165, 1.54) is 0 Å². The van der Waals surface area contributed by atoms with Gasteiger partial charge in [0.25, 0.3) is 0 Å². The number of nitrogens with one attached hydrogen (secondary N) is 3. The van der Waals surface area contributed by atoms with Gasteiger partial charge in [-0.25, -0.2) is 13.1 Å². The highest BCUT2D eigenvalue weighted by atomic mass is 32.2. The number of sulfonamides is 1. The molecule has 7 heteroatoms. The Bertz CT molecular complexity index is 741. The van der Waals surface area contributed by atoms with Gasteiger partial charge in [0.2, 0.25) is 15.9 Å². The van der Waals surface area contributed by atoms with E-state index in [0.717, 1.165) is 37.1 Å². The average molecular weight is 335 g/mol. The van der Waals surface area contributed by atoms with Gasteiger partial charge in [-0.15, -0.1) is 0 Å². The Hall–Kier alpha value is -1.70. The lowest BCUT2D eigenvalue weighted by atomic mass is 10.1. The van der Waals surface area contributed by atoms with E-state index in [1.54, 1.807) is 18.2 Å². The summed E-state index contributed by atoms with van der Waals surface area (Å²) >= 11 is 0. The second kappa shape index (κ2) is 6.82. The maximum absolute atomic E-state index is 12.5. The van der Waals surface area contributed by atoms with Crippen LogP contribution in [-0.2, 0) is 21.2 Å². The molecule has 1 aromatic rings. The second-order valence-electron chi connectivity index (χ2n) is 5.86. The lowest BCUT2D eigenvalue weighted by Crippen LogP contribution is -2.29. The van der Waals surface area contributed by atoms with Gasteiger partial charge in [-0.1, -0.05) is 11.6 Å². The van der Waals surface area contributed by atoms with Crippen molar-refractivity contribution in [2.24, 2.45) is 0 Å². The van der Waals surface area contributed by atoms with E-state index < -0.39 is 10.0 Å². The summed E-state index contributed by atoms with van der Waals surface area (Å²) in [6.07, 6.45) is 4.79. The predicted molar refractivity (Wildman–Crippen MR) is 88.8 cm³/mol. The van der Waals surface area contributed by atoms with Gasteiger partial charge in [0, 0.05) is 25.2 Å². The number of fused-ring (bicyclic) bond motifs is 1. The quantitative estimate of drug-likeness (QED) is 0.721. The van der Waals surface area contributed by atoms with Crippen LogP contribution in [0.2, 0.25) is 0 Å². The molecule has 0 aromatic heterocycles. The zero-order chi connectivity index (χ0) is 16.3. The molecule has 2 aliphatic heterocycles. The molecule has 0 unspecified atom stereocenters. The van der Waals surface area contributed by atoms with Crippen molar-refractivity contribution in [2.75, 3.05) is 25.0 Å². The van der Waals surface area contributed by atoms with Crippen molar-refractivity contribution in [3.05, 3.63) is 35.4 Å². The molecule has 3 N–H and O–H groups in total. The highest BCUT2D eigenvalue weighted by Gasteiger charge is 2.19. The fourth-order valence-electron chi connectivity index (χ4n) is 2.82. The number of anilines is 1. The fraction of sp³-hybridized carbons (Fsp3) is 0.438. The summed E-state index contributed by atoms with van der Waals surface area (Å²) in [7, 11) is -3.54. The van der Waals surface area contributed by atoms with Gasteiger partial charge >= 0.3 is 0 Å². The van der Waals surface area contributed by atoms with Crippen molar-refractivity contribution in [1.82, 2.24) is 10.0 Å². The lowest BCUT2D eigenvalue weighted by molar-refractivity contribution is -0.116. The Kier molecular flexibility index (Phi) is 4.79. The van der Waals surface area contributed by atoms with Gasteiger partial charge in [-0.05, 0) is 49.6 Å². The van der Waals surface area contributed by atoms with Gasteiger partial charge in [0.15, 0.2) is 0 Å². The van der Waals surface area contributed by atoms with Crippen LogP contribution in [0, 0.1) is 0 Å². The molecule has 23 heavy (non-hydrogen) atoms. The van der Waals surface area contributed by atoms with Crippen molar-refractivity contribution >= 4 is 21.6 Å². The molecule has 124 valence electrons. The molecule has 1 amide bonds. The van der Waals surface area contributed by atoms with Crippen LogP contribution in [0.25, 0.3) is 0 Å². The Balaban J connectivity index is 1.76. The number of amides is 1. The van der Waals surface area contributed by atoms with Gasteiger partial charge in [-0.2, -0.15) is 0 Å². The summed E-state index contributed by atoms with van der Waals surface area (Å²) in [6.45, 7) is 2.01. The molecule has 1 aromatic carbocycles. The number of aryl methyl sites for hydroxylation is 1. The van der Waals surface area contributed by atoms with E-state index in [9.17, 15) is 13.2 Å². The van der Waals surface area contributed by atoms with Crippen molar-refractivity contribution in [2.45, 2.75) is 30.6 Å². The summed E-state index contributed by atoms with van der Waals surface area (Å²) in [5, 5.41) is 6.01. The third-order valence-corrected chi connectivity index (χ3v) is 5.56. The third-order valence-electron chi connectivity index (χ3n) is 4.16. The van der Waals surface area contributed by atoms with Gasteiger partial charge in [0.05, 0.1) is 4.90 Å². The minimum Gasteiger partial charge on any atom is -0.326 e. The van der Waals surface area contributed by atoms with Crippen LogP contribution in [0.15, 0.2) is 34.7 Å². The molecule has 2 heterocycles. The third kappa shape index (κ3) is 3.99. The topological polar surface area (TPSA) is 87.3 Å². The Labute approximate surface area is 136 Å². The first-order valence-electron chi connectivity index (χ1n) is 7.86. The molecule has 0 bridgehead atoms. The van der Waals surface area contributed by atoms with Crippen LogP contribution in [0.3, 0.4) is 0 Å². The zero-order valence-corrected chi connectivity index (χ0v) is 13.7. The summed E-state index contributed by atoms with van der Waals surface area (Å²) in [4.78, 5) is 11.8. The molecule has 0 saturated heterocycles. The van der Waals surface area contributed by atoms with Crippen LogP contribution in [0.4, 0.5) is 5.69 Å². The SMILES string of the molecule is O=C1CCCc2cc(S(=O)(=O)NCC3=CCNCC3)ccc2N1. The molecule has 0 aliphatic carbocycles. The maximum atomic E-state index is 12.5. The van der Waals surface area contributed by atoms with Crippen LogP contribution in [0.1, 0.15) is 24.8 Å². The molecule has 3 rings (SSSR count). The Morgan fingerprint density at radius 2 is 2.04 bits per heavy atom. The van der Waals surface area contributed by atoms with Gasteiger partial charge < -0.3 is 10.6 Å². The number of hydrogen-bond donors (Lipinski definition) is 3. The second-order valence-corrected chi connectivity index (χ2v) is 7.63. The first kappa shape index (κ1) is 16.2. The number of carbonyl (C=O) groups is 1. The fourth-order valence-corrected chi connectivity index (χ4v) is 3.91. The Morgan fingerprint density at radius 1 is 1.17 bits per heavy atom. The smallest absolute Gasteiger partial charge is 0.240 e. The van der Waals surface area contributed by atoms with Crippen molar-refractivity contribution < 1.29 is 13.2 Å². The molecular weight excluding hydrogens is 314 g/mol. The van der Waals surface area contributed by atoms with Crippen LogP contribution in [-0.4, -0.2) is 34.0 Å². The average Bonchev–Trinajstić information content (AvgIpc) is 2.74. The summed E-state index contributed by atoms with van der Waals surface area (Å²) < 4.78 is 27.6. The minimum absolute atomic E-state index is 0.0182. The van der Waals surface area contributed by atoms with Crippen LogP contribution in [0.5, 0.6) is 0 Å². The largest absolute Gasteiger partial charge is 0.326 e. The number of rotatable bonds is 4.